The Labute approximate surface area is 76.9 Å². The second-order valence-electron chi connectivity index (χ2n) is 2.37. The second kappa shape index (κ2) is 3.69. The Morgan fingerprint density at radius 3 is 2.57 bits per heavy atom. The van der Waals surface area contributed by atoms with E-state index in [9.17, 15) is 19.2 Å². The Balaban J connectivity index is 2.99. The van der Waals surface area contributed by atoms with Crippen molar-refractivity contribution in [1.29, 1.82) is 0 Å². The highest BCUT2D eigenvalue weighted by Crippen LogP contribution is 1.75. The van der Waals surface area contributed by atoms with E-state index in [-0.39, 0.29) is 0 Å². The summed E-state index contributed by atoms with van der Waals surface area (Å²) in [5.41, 5.74) is -1.54. The Kier molecular flexibility index (Phi) is 2.61. The van der Waals surface area contributed by atoms with Gasteiger partial charge in [0.15, 0.2) is 0 Å². The van der Waals surface area contributed by atoms with Crippen LogP contribution in [0.15, 0.2) is 21.9 Å². The first-order valence-corrected chi connectivity index (χ1v) is 3.56. The number of nitrogens with zero attached hydrogens (tertiary/aromatic N) is 1. The van der Waals surface area contributed by atoms with Crippen LogP contribution in [0.3, 0.4) is 0 Å². The van der Waals surface area contributed by atoms with Crippen LogP contribution in [0.1, 0.15) is 6.92 Å². The van der Waals surface area contributed by atoms with Crippen LogP contribution in [0.25, 0.3) is 0 Å². The molecule has 0 aromatic carbocycles. The average molecular weight is 198 g/mol. The fraction of sp³-hybridized carbons (Fsp3) is 0.143. The summed E-state index contributed by atoms with van der Waals surface area (Å²) in [4.78, 5) is 48.8. The summed E-state index contributed by atoms with van der Waals surface area (Å²) >= 11 is 0. The molecule has 0 fully saturated rings. The monoisotopic (exact) mass is 198 g/mol. The summed E-state index contributed by atoms with van der Waals surface area (Å²) in [6.45, 7) is 0.999. The van der Waals surface area contributed by atoms with Gasteiger partial charge in [0.1, 0.15) is 0 Å². The summed E-state index contributed by atoms with van der Waals surface area (Å²) in [6.07, 6.45) is 0.946. The van der Waals surface area contributed by atoms with Gasteiger partial charge in [-0.25, -0.2) is 9.59 Å². The highest BCUT2D eigenvalue weighted by atomic mass is 16.7. The van der Waals surface area contributed by atoms with Gasteiger partial charge in [-0.1, -0.05) is 0 Å². The third-order valence-electron chi connectivity index (χ3n) is 1.26. The standard InChI is InChI=1S/C7H6N2O5/c1-4(10)6(12)14-9-3-2-5(11)8-7(9)13/h2-3H,1H3,(H,8,11,13). The first kappa shape index (κ1) is 9.90. The predicted molar refractivity (Wildman–Crippen MR) is 43.6 cm³/mol. The van der Waals surface area contributed by atoms with Crippen molar-refractivity contribution in [3.8, 4) is 0 Å². The van der Waals surface area contributed by atoms with Crippen molar-refractivity contribution in [3.05, 3.63) is 33.1 Å². The predicted octanol–water partition coefficient (Wildman–Crippen LogP) is -1.92. The lowest BCUT2D eigenvalue weighted by molar-refractivity contribution is -0.153. The molecule has 0 radical (unpaired) electrons. The number of aromatic amines is 1. The molecule has 7 heteroatoms. The van der Waals surface area contributed by atoms with E-state index in [1.165, 1.54) is 0 Å². The average Bonchev–Trinajstić information content (AvgIpc) is 2.09. The van der Waals surface area contributed by atoms with Gasteiger partial charge in [0, 0.05) is 13.0 Å². The molecule has 0 atom stereocenters. The molecule has 0 aliphatic heterocycles. The maximum atomic E-state index is 10.9. The zero-order chi connectivity index (χ0) is 10.7. The number of Topliss-reactive ketones (excluding diaryl/α,β-unsaturated/α-hetero) is 1. The molecular weight excluding hydrogens is 192 g/mol. The van der Waals surface area contributed by atoms with Crippen molar-refractivity contribution in [2.24, 2.45) is 0 Å². The van der Waals surface area contributed by atoms with E-state index in [2.05, 4.69) is 4.84 Å². The number of carbonyl (C=O) groups excluding carboxylic acids is 2. The minimum atomic E-state index is -1.18. The van der Waals surface area contributed by atoms with E-state index in [0.717, 1.165) is 19.2 Å². The van der Waals surface area contributed by atoms with Crippen LogP contribution in [0.2, 0.25) is 0 Å². The highest BCUT2D eigenvalue weighted by molar-refractivity contribution is 6.32. The summed E-state index contributed by atoms with van der Waals surface area (Å²) in [5, 5.41) is 0. The van der Waals surface area contributed by atoms with Crippen molar-refractivity contribution in [2.45, 2.75) is 6.92 Å². The van der Waals surface area contributed by atoms with Crippen molar-refractivity contribution in [3.63, 3.8) is 0 Å². The summed E-state index contributed by atoms with van der Waals surface area (Å²) in [5.74, 6) is -2.03. The summed E-state index contributed by atoms with van der Waals surface area (Å²) in [7, 11) is 0. The molecule has 1 aromatic rings. The summed E-state index contributed by atoms with van der Waals surface area (Å²) in [6, 6.07) is 0.981. The van der Waals surface area contributed by atoms with Gasteiger partial charge in [-0.3, -0.25) is 14.6 Å². The van der Waals surface area contributed by atoms with Crippen LogP contribution >= 0.6 is 0 Å². The van der Waals surface area contributed by atoms with Gasteiger partial charge >= 0.3 is 11.7 Å². The number of hydrogen-bond acceptors (Lipinski definition) is 5. The number of carbonyl (C=O) groups is 2. The largest absolute Gasteiger partial charge is 0.398 e. The van der Waals surface area contributed by atoms with Gasteiger partial charge < -0.3 is 4.84 Å². The molecule has 74 valence electrons. The van der Waals surface area contributed by atoms with Crippen LogP contribution in [-0.2, 0) is 9.59 Å². The van der Waals surface area contributed by atoms with Crippen molar-refractivity contribution < 1.29 is 14.4 Å². The van der Waals surface area contributed by atoms with Crippen molar-refractivity contribution >= 4 is 11.8 Å². The van der Waals surface area contributed by atoms with Crippen molar-refractivity contribution in [2.75, 3.05) is 0 Å². The van der Waals surface area contributed by atoms with Gasteiger partial charge in [-0.05, 0) is 0 Å². The molecule has 1 rings (SSSR count). The molecule has 1 heterocycles. The summed E-state index contributed by atoms with van der Waals surface area (Å²) < 4.78 is 0.463. The lowest BCUT2D eigenvalue weighted by Gasteiger charge is -2.01. The number of aromatic nitrogens is 2. The third-order valence-corrected chi connectivity index (χ3v) is 1.26. The van der Waals surface area contributed by atoms with E-state index in [4.69, 9.17) is 0 Å². The quantitative estimate of drug-likeness (QED) is 0.558. The number of H-pyrrole nitrogens is 1. The molecule has 0 aliphatic carbocycles. The maximum Gasteiger partial charge on any atom is 0.398 e. The molecule has 0 unspecified atom stereocenters. The normalized spacial score (nSPS) is 9.50. The first-order chi connectivity index (χ1) is 6.50. The van der Waals surface area contributed by atoms with Crippen LogP contribution in [0.4, 0.5) is 0 Å². The lowest BCUT2D eigenvalue weighted by Crippen LogP contribution is -2.37. The third kappa shape index (κ3) is 2.16. The van der Waals surface area contributed by atoms with Gasteiger partial charge in [-0.2, -0.15) is 0 Å². The van der Waals surface area contributed by atoms with Gasteiger partial charge in [-0.15, -0.1) is 4.73 Å². The molecule has 0 bridgehead atoms. The number of hydrogen-bond donors (Lipinski definition) is 1. The first-order valence-electron chi connectivity index (χ1n) is 3.56. The molecule has 7 nitrogen and oxygen atoms in total. The molecule has 1 aromatic heterocycles. The molecule has 0 spiro atoms. The zero-order valence-electron chi connectivity index (χ0n) is 7.14. The molecule has 0 saturated heterocycles. The SMILES string of the molecule is CC(=O)C(=O)On1ccc(=O)[nH]c1=O. The van der Waals surface area contributed by atoms with Crippen LogP contribution in [-0.4, -0.2) is 21.5 Å². The van der Waals surface area contributed by atoms with E-state index in [1.54, 1.807) is 0 Å². The Morgan fingerprint density at radius 1 is 1.43 bits per heavy atom. The fourth-order valence-electron chi connectivity index (χ4n) is 0.631. The Morgan fingerprint density at radius 2 is 2.07 bits per heavy atom. The van der Waals surface area contributed by atoms with Gasteiger partial charge in [0.2, 0.25) is 5.78 Å². The van der Waals surface area contributed by atoms with E-state index >= 15 is 0 Å². The molecule has 1 N–H and O–H groups in total. The smallest absolute Gasteiger partial charge is 0.324 e. The Hall–Kier alpha value is -2.18. The maximum absolute atomic E-state index is 10.9. The van der Waals surface area contributed by atoms with Crippen LogP contribution in [0.5, 0.6) is 0 Å². The molecular formula is C7H6N2O5. The molecule has 14 heavy (non-hydrogen) atoms. The topological polar surface area (TPSA) is 98.2 Å². The Bertz CT molecular complexity index is 483. The number of nitrogens with one attached hydrogen (secondary N) is 1. The minimum absolute atomic E-state index is 0.463. The van der Waals surface area contributed by atoms with E-state index in [1.807, 2.05) is 4.98 Å². The molecule has 0 saturated carbocycles. The highest BCUT2D eigenvalue weighted by Gasteiger charge is 2.11. The van der Waals surface area contributed by atoms with Crippen LogP contribution < -0.4 is 16.1 Å². The van der Waals surface area contributed by atoms with E-state index < -0.39 is 23.0 Å². The molecule has 0 aliphatic rings. The van der Waals surface area contributed by atoms with Gasteiger partial charge in [0.05, 0.1) is 6.20 Å². The fourth-order valence-corrected chi connectivity index (χ4v) is 0.631. The van der Waals surface area contributed by atoms with Gasteiger partial charge in [0.25, 0.3) is 5.56 Å². The lowest BCUT2D eigenvalue weighted by atomic mass is 10.5. The van der Waals surface area contributed by atoms with Crippen LogP contribution in [0, 0.1) is 0 Å². The van der Waals surface area contributed by atoms with E-state index in [0.29, 0.717) is 4.73 Å². The number of rotatable bonds is 2. The van der Waals surface area contributed by atoms with Crippen molar-refractivity contribution in [1.82, 2.24) is 9.71 Å². The number of ketones is 1. The second-order valence-corrected chi connectivity index (χ2v) is 2.37. The zero-order valence-corrected chi connectivity index (χ0v) is 7.14. The molecule has 0 amide bonds. The minimum Gasteiger partial charge on any atom is -0.324 e.